The summed E-state index contributed by atoms with van der Waals surface area (Å²) in [4.78, 5) is 2.23. The highest BCUT2D eigenvalue weighted by Gasteiger charge is 2.25. The maximum Gasteiger partial charge on any atom is 0.229 e. The SMILES string of the molecule is CS(=O)(=O)Nc1cn[nH]c1[C@H]1CCCN(CC#Cc2ccc(F)cc2)C1. The summed E-state index contributed by atoms with van der Waals surface area (Å²) in [7, 11) is -3.34. The number of aromatic amines is 1. The second-order valence-corrected chi connectivity index (χ2v) is 8.20. The third-order valence-corrected chi connectivity index (χ3v) is 4.85. The molecule has 0 spiro atoms. The smallest absolute Gasteiger partial charge is 0.229 e. The van der Waals surface area contributed by atoms with E-state index in [2.05, 4.69) is 31.7 Å². The van der Waals surface area contributed by atoms with Gasteiger partial charge in [0.05, 0.1) is 30.4 Å². The molecule has 2 N–H and O–H groups in total. The number of halogens is 1. The highest BCUT2D eigenvalue weighted by Crippen LogP contribution is 2.30. The van der Waals surface area contributed by atoms with Gasteiger partial charge in [0.2, 0.25) is 10.0 Å². The van der Waals surface area contributed by atoms with Crippen LogP contribution in [0, 0.1) is 17.7 Å². The van der Waals surface area contributed by atoms with Crippen LogP contribution in [0.4, 0.5) is 10.1 Å². The Morgan fingerprint density at radius 2 is 2.15 bits per heavy atom. The first-order valence-corrected chi connectivity index (χ1v) is 10.3. The standard InChI is InChI=1S/C18H21FN4O2S/c1-26(24,25)22-17-12-20-21-18(17)15-5-3-11-23(13-15)10-2-4-14-6-8-16(19)9-7-14/h6-9,12,15,22H,3,5,10-11,13H2,1H3,(H,20,21)/t15-/m0/s1. The van der Waals surface area contributed by atoms with Gasteiger partial charge in [-0.1, -0.05) is 11.8 Å². The summed E-state index contributed by atoms with van der Waals surface area (Å²) >= 11 is 0. The molecule has 2 heterocycles. The molecule has 1 aliphatic rings. The fraction of sp³-hybridized carbons (Fsp3) is 0.389. The number of aromatic nitrogens is 2. The van der Waals surface area contributed by atoms with E-state index in [1.807, 2.05) is 0 Å². The number of H-pyrrole nitrogens is 1. The molecule has 1 aromatic heterocycles. The monoisotopic (exact) mass is 376 g/mol. The van der Waals surface area contributed by atoms with E-state index >= 15 is 0 Å². The highest BCUT2D eigenvalue weighted by atomic mass is 32.2. The van der Waals surface area contributed by atoms with Crippen LogP contribution in [-0.4, -0.2) is 49.4 Å². The molecule has 0 bridgehead atoms. The molecule has 1 saturated heterocycles. The number of hydrogen-bond acceptors (Lipinski definition) is 4. The number of rotatable bonds is 4. The number of nitrogens with zero attached hydrogens (tertiary/aromatic N) is 2. The Morgan fingerprint density at radius 3 is 2.88 bits per heavy atom. The number of hydrogen-bond donors (Lipinski definition) is 2. The molecule has 6 nitrogen and oxygen atoms in total. The van der Waals surface area contributed by atoms with Crippen molar-refractivity contribution in [3.63, 3.8) is 0 Å². The quantitative estimate of drug-likeness (QED) is 0.802. The van der Waals surface area contributed by atoms with Crippen molar-refractivity contribution in [2.75, 3.05) is 30.6 Å². The molecule has 1 aromatic carbocycles. The Balaban J connectivity index is 1.63. The molecule has 0 unspecified atom stereocenters. The second-order valence-electron chi connectivity index (χ2n) is 6.45. The topological polar surface area (TPSA) is 78.1 Å². The maximum atomic E-state index is 12.9. The van der Waals surface area contributed by atoms with Crippen molar-refractivity contribution < 1.29 is 12.8 Å². The minimum Gasteiger partial charge on any atom is -0.292 e. The first-order chi connectivity index (χ1) is 12.4. The lowest BCUT2D eigenvalue weighted by atomic mass is 9.94. The van der Waals surface area contributed by atoms with E-state index in [0.717, 1.165) is 43.4 Å². The van der Waals surface area contributed by atoms with E-state index in [1.165, 1.54) is 18.3 Å². The highest BCUT2D eigenvalue weighted by molar-refractivity contribution is 7.92. The van der Waals surface area contributed by atoms with E-state index in [-0.39, 0.29) is 11.7 Å². The molecule has 2 aromatic rings. The van der Waals surface area contributed by atoms with Crippen LogP contribution < -0.4 is 4.72 Å². The van der Waals surface area contributed by atoms with Gasteiger partial charge in [-0.15, -0.1) is 0 Å². The molecule has 1 atom stereocenters. The first kappa shape index (κ1) is 18.4. The van der Waals surface area contributed by atoms with Crippen LogP contribution in [0.25, 0.3) is 0 Å². The Labute approximate surface area is 152 Å². The normalized spacial score (nSPS) is 18.2. The van der Waals surface area contributed by atoms with Crippen LogP contribution in [-0.2, 0) is 10.0 Å². The van der Waals surface area contributed by atoms with Gasteiger partial charge in [-0.25, -0.2) is 12.8 Å². The van der Waals surface area contributed by atoms with Crippen molar-refractivity contribution in [2.45, 2.75) is 18.8 Å². The molecule has 0 amide bonds. The van der Waals surface area contributed by atoms with Crippen molar-refractivity contribution in [2.24, 2.45) is 0 Å². The summed E-state index contributed by atoms with van der Waals surface area (Å²) in [5, 5.41) is 6.92. The number of likely N-dealkylation sites (tertiary alicyclic amines) is 1. The van der Waals surface area contributed by atoms with Crippen molar-refractivity contribution in [1.82, 2.24) is 15.1 Å². The molecule has 0 saturated carbocycles. The summed E-state index contributed by atoms with van der Waals surface area (Å²) in [5.41, 5.74) is 2.11. The lowest BCUT2D eigenvalue weighted by Gasteiger charge is -2.31. The van der Waals surface area contributed by atoms with E-state index in [9.17, 15) is 12.8 Å². The Morgan fingerprint density at radius 1 is 1.38 bits per heavy atom. The van der Waals surface area contributed by atoms with Gasteiger partial charge in [0.15, 0.2) is 0 Å². The van der Waals surface area contributed by atoms with E-state index in [0.29, 0.717) is 12.2 Å². The lowest BCUT2D eigenvalue weighted by Crippen LogP contribution is -2.35. The average Bonchev–Trinajstić information content (AvgIpc) is 3.03. The fourth-order valence-electron chi connectivity index (χ4n) is 3.11. The zero-order chi connectivity index (χ0) is 18.6. The Hall–Kier alpha value is -2.37. The molecular weight excluding hydrogens is 355 g/mol. The van der Waals surface area contributed by atoms with Gasteiger partial charge in [0.25, 0.3) is 0 Å². The average molecular weight is 376 g/mol. The summed E-state index contributed by atoms with van der Waals surface area (Å²) < 4.78 is 38.4. The van der Waals surface area contributed by atoms with Gasteiger partial charge in [-0.05, 0) is 43.7 Å². The van der Waals surface area contributed by atoms with Crippen molar-refractivity contribution >= 4 is 15.7 Å². The molecule has 0 radical (unpaired) electrons. The third-order valence-electron chi connectivity index (χ3n) is 4.26. The number of benzene rings is 1. The maximum absolute atomic E-state index is 12.9. The van der Waals surface area contributed by atoms with E-state index in [1.54, 1.807) is 12.1 Å². The molecule has 1 fully saturated rings. The first-order valence-electron chi connectivity index (χ1n) is 8.38. The van der Waals surface area contributed by atoms with Gasteiger partial charge in [0, 0.05) is 18.0 Å². The third kappa shape index (κ3) is 5.07. The summed E-state index contributed by atoms with van der Waals surface area (Å²) in [6.45, 7) is 2.33. The number of nitrogens with one attached hydrogen (secondary N) is 2. The van der Waals surface area contributed by atoms with Gasteiger partial charge in [-0.3, -0.25) is 14.7 Å². The Bertz CT molecular complexity index is 913. The zero-order valence-electron chi connectivity index (χ0n) is 14.5. The molecule has 0 aliphatic carbocycles. The predicted octanol–water partition coefficient (Wildman–Crippen LogP) is 2.15. The van der Waals surface area contributed by atoms with Crippen molar-refractivity contribution in [3.05, 3.63) is 47.5 Å². The number of sulfonamides is 1. The van der Waals surface area contributed by atoms with Crippen molar-refractivity contribution in [3.8, 4) is 11.8 Å². The second kappa shape index (κ2) is 7.89. The minimum absolute atomic E-state index is 0.170. The van der Waals surface area contributed by atoms with Crippen LogP contribution in [0.5, 0.6) is 0 Å². The van der Waals surface area contributed by atoms with Crippen LogP contribution in [0.2, 0.25) is 0 Å². The Kier molecular flexibility index (Phi) is 5.59. The molecular formula is C18H21FN4O2S. The van der Waals surface area contributed by atoms with Crippen LogP contribution in [0.1, 0.15) is 30.0 Å². The summed E-state index contributed by atoms with van der Waals surface area (Å²) in [6.07, 6.45) is 4.59. The zero-order valence-corrected chi connectivity index (χ0v) is 15.3. The minimum atomic E-state index is -3.34. The van der Waals surface area contributed by atoms with E-state index < -0.39 is 10.0 Å². The van der Waals surface area contributed by atoms with Gasteiger partial charge in [0.1, 0.15) is 5.82 Å². The molecule has 3 rings (SSSR count). The predicted molar refractivity (Wildman–Crippen MR) is 98.7 cm³/mol. The number of anilines is 1. The van der Waals surface area contributed by atoms with Crippen LogP contribution >= 0.6 is 0 Å². The van der Waals surface area contributed by atoms with Crippen LogP contribution in [0.3, 0.4) is 0 Å². The van der Waals surface area contributed by atoms with E-state index in [4.69, 9.17) is 0 Å². The summed E-state index contributed by atoms with van der Waals surface area (Å²) in [6, 6.07) is 6.12. The molecule has 1 aliphatic heterocycles. The molecule has 138 valence electrons. The van der Waals surface area contributed by atoms with Gasteiger partial charge >= 0.3 is 0 Å². The largest absolute Gasteiger partial charge is 0.292 e. The molecule has 26 heavy (non-hydrogen) atoms. The van der Waals surface area contributed by atoms with Gasteiger partial charge < -0.3 is 0 Å². The summed E-state index contributed by atoms with van der Waals surface area (Å²) in [5.74, 6) is 6.07. The lowest BCUT2D eigenvalue weighted by molar-refractivity contribution is 0.229. The van der Waals surface area contributed by atoms with Crippen LogP contribution in [0.15, 0.2) is 30.5 Å². The number of piperidine rings is 1. The fourth-order valence-corrected chi connectivity index (χ4v) is 3.67. The molecule has 8 heteroatoms. The van der Waals surface area contributed by atoms with Gasteiger partial charge in [-0.2, -0.15) is 5.10 Å². The van der Waals surface area contributed by atoms with Crippen molar-refractivity contribution in [1.29, 1.82) is 0 Å².